The van der Waals surface area contributed by atoms with Gasteiger partial charge in [-0.15, -0.1) is 12.4 Å². The Morgan fingerprint density at radius 2 is 2.06 bits per heavy atom. The smallest absolute Gasteiger partial charge is 0.351 e. The highest BCUT2D eigenvalue weighted by atomic mass is 35.5. The van der Waals surface area contributed by atoms with E-state index in [-0.39, 0.29) is 17.8 Å². The van der Waals surface area contributed by atoms with Crippen molar-refractivity contribution in [3.63, 3.8) is 0 Å². The minimum absolute atomic E-state index is 0. The summed E-state index contributed by atoms with van der Waals surface area (Å²) in [6.07, 6.45) is -1.92. The van der Waals surface area contributed by atoms with Crippen LogP contribution >= 0.6 is 12.4 Å². The zero-order valence-corrected chi connectivity index (χ0v) is 9.20. The normalized spacial score (nSPS) is 18.8. The lowest BCUT2D eigenvalue weighted by atomic mass is 9.66. The quantitative estimate of drug-likeness (QED) is 0.884. The first-order valence-electron chi connectivity index (χ1n) is 4.72. The van der Waals surface area contributed by atoms with Crippen molar-refractivity contribution in [2.45, 2.75) is 30.9 Å². The van der Waals surface area contributed by atoms with E-state index in [0.29, 0.717) is 12.2 Å². The third-order valence-electron chi connectivity index (χ3n) is 3.03. The molecule has 1 aromatic rings. The molecular weight excluding hydrogens is 245 g/mol. The molecule has 0 aliphatic heterocycles. The summed E-state index contributed by atoms with van der Waals surface area (Å²) in [4.78, 5) is 0. The van der Waals surface area contributed by atoms with E-state index in [1.165, 1.54) is 0 Å². The summed E-state index contributed by atoms with van der Waals surface area (Å²) in [6, 6.07) is 0.964. The molecule has 1 saturated carbocycles. The van der Waals surface area contributed by atoms with Crippen LogP contribution in [-0.4, -0.2) is 11.7 Å². The first-order valence-corrected chi connectivity index (χ1v) is 4.72. The molecule has 0 radical (unpaired) electrons. The Morgan fingerprint density at radius 3 is 2.38 bits per heavy atom. The van der Waals surface area contributed by atoms with Crippen LogP contribution in [0.4, 0.5) is 13.2 Å². The van der Waals surface area contributed by atoms with Gasteiger partial charge >= 0.3 is 6.18 Å². The fourth-order valence-electron chi connectivity index (χ4n) is 1.83. The molecular formula is C9H12ClF3N2O. The van der Waals surface area contributed by atoms with Gasteiger partial charge in [-0.1, -0.05) is 11.6 Å². The van der Waals surface area contributed by atoms with Gasteiger partial charge in [0.25, 0.3) is 0 Å². The lowest BCUT2D eigenvalue weighted by molar-refractivity contribution is -0.155. The van der Waals surface area contributed by atoms with Crippen LogP contribution in [0.3, 0.4) is 0 Å². The average Bonchev–Trinajstić information content (AvgIpc) is 2.51. The lowest BCUT2D eigenvalue weighted by Crippen LogP contribution is -2.41. The molecule has 0 spiro atoms. The van der Waals surface area contributed by atoms with E-state index < -0.39 is 11.9 Å². The van der Waals surface area contributed by atoms with Gasteiger partial charge < -0.3 is 10.3 Å². The van der Waals surface area contributed by atoms with Gasteiger partial charge in [-0.2, -0.15) is 13.2 Å². The highest BCUT2D eigenvalue weighted by molar-refractivity contribution is 5.85. The fraction of sp³-hybridized carbons (Fsp3) is 0.667. The van der Waals surface area contributed by atoms with Crippen LogP contribution in [0.2, 0.25) is 0 Å². The maximum atomic E-state index is 12.3. The van der Waals surface area contributed by atoms with Gasteiger partial charge in [0.05, 0.1) is 5.69 Å². The molecule has 0 amide bonds. The number of rotatable bonds is 2. The molecule has 0 atom stereocenters. The fourth-order valence-corrected chi connectivity index (χ4v) is 1.83. The molecule has 1 aliphatic rings. The van der Waals surface area contributed by atoms with Crippen LogP contribution in [0, 0.1) is 0 Å². The van der Waals surface area contributed by atoms with Gasteiger partial charge in [0.1, 0.15) is 0 Å². The Kier molecular flexibility index (Phi) is 3.54. The molecule has 3 nitrogen and oxygen atoms in total. The molecule has 2 rings (SSSR count). The van der Waals surface area contributed by atoms with Crippen LogP contribution in [-0.2, 0) is 11.6 Å². The van der Waals surface area contributed by atoms with Crippen LogP contribution in [0.25, 0.3) is 0 Å². The van der Waals surface area contributed by atoms with E-state index in [1.807, 2.05) is 0 Å². The number of aromatic nitrogens is 1. The summed E-state index contributed by atoms with van der Waals surface area (Å²) < 4.78 is 41.0. The van der Waals surface area contributed by atoms with E-state index in [1.54, 1.807) is 0 Å². The minimum Gasteiger partial charge on any atom is -0.351 e. The van der Waals surface area contributed by atoms with Crippen molar-refractivity contribution in [1.82, 2.24) is 5.16 Å². The summed E-state index contributed by atoms with van der Waals surface area (Å²) in [7, 11) is 0. The Balaban J connectivity index is 0.00000128. The molecule has 0 aromatic carbocycles. The molecule has 1 heterocycles. The molecule has 1 aliphatic carbocycles. The number of nitrogens with two attached hydrogens (primary N) is 1. The largest absolute Gasteiger partial charge is 0.452 e. The molecule has 16 heavy (non-hydrogen) atoms. The Bertz CT molecular complexity index is 354. The Hall–Kier alpha value is -0.750. The van der Waals surface area contributed by atoms with Crippen molar-refractivity contribution in [1.29, 1.82) is 0 Å². The molecule has 1 aromatic heterocycles. The maximum absolute atomic E-state index is 12.3. The summed E-state index contributed by atoms with van der Waals surface area (Å²) in [5, 5.41) is 3.47. The maximum Gasteiger partial charge on any atom is 0.452 e. The van der Waals surface area contributed by atoms with Gasteiger partial charge in [-0.05, 0) is 12.8 Å². The standard InChI is InChI=1S/C9H11F3N2O.ClH/c10-9(11,12)7-4-6(14-15-7)8(5-13)2-1-3-8;/h4H,1-3,5,13H2;1H. The van der Waals surface area contributed by atoms with E-state index in [0.717, 1.165) is 25.3 Å². The van der Waals surface area contributed by atoms with Crippen molar-refractivity contribution in [3.05, 3.63) is 17.5 Å². The topological polar surface area (TPSA) is 52.0 Å². The second-order valence-corrected chi connectivity index (χ2v) is 3.91. The van der Waals surface area contributed by atoms with Crippen LogP contribution in [0.1, 0.15) is 30.7 Å². The van der Waals surface area contributed by atoms with Crippen molar-refractivity contribution in [2.75, 3.05) is 6.54 Å². The Labute approximate surface area is 96.6 Å². The second kappa shape index (κ2) is 4.25. The van der Waals surface area contributed by atoms with E-state index in [9.17, 15) is 13.2 Å². The Morgan fingerprint density at radius 1 is 1.44 bits per heavy atom. The number of halogens is 4. The first kappa shape index (κ1) is 13.3. The van der Waals surface area contributed by atoms with Gasteiger partial charge in [0.15, 0.2) is 0 Å². The zero-order chi connectivity index (χ0) is 11.1. The summed E-state index contributed by atoms with van der Waals surface area (Å²) in [5.41, 5.74) is 5.51. The third kappa shape index (κ3) is 2.04. The summed E-state index contributed by atoms with van der Waals surface area (Å²) in [6.45, 7) is 0.316. The van der Waals surface area contributed by atoms with Gasteiger partial charge in [0.2, 0.25) is 5.76 Å². The van der Waals surface area contributed by atoms with Crippen molar-refractivity contribution in [3.8, 4) is 0 Å². The van der Waals surface area contributed by atoms with E-state index >= 15 is 0 Å². The number of hydrogen-bond acceptors (Lipinski definition) is 3. The highest BCUT2D eigenvalue weighted by Crippen LogP contribution is 2.43. The van der Waals surface area contributed by atoms with Crippen molar-refractivity contribution >= 4 is 12.4 Å². The monoisotopic (exact) mass is 256 g/mol. The first-order chi connectivity index (χ1) is 6.98. The van der Waals surface area contributed by atoms with E-state index in [4.69, 9.17) is 5.73 Å². The molecule has 0 unspecified atom stereocenters. The second-order valence-electron chi connectivity index (χ2n) is 3.91. The van der Waals surface area contributed by atoms with Gasteiger partial charge in [-0.25, -0.2) is 0 Å². The van der Waals surface area contributed by atoms with Crippen LogP contribution in [0.15, 0.2) is 10.6 Å². The lowest BCUT2D eigenvalue weighted by Gasteiger charge is -2.38. The minimum atomic E-state index is -4.47. The van der Waals surface area contributed by atoms with Crippen molar-refractivity contribution < 1.29 is 17.7 Å². The molecule has 1 fully saturated rings. The van der Waals surface area contributed by atoms with Crippen LogP contribution < -0.4 is 5.73 Å². The SMILES string of the molecule is Cl.NCC1(c2cc(C(F)(F)F)on2)CCC1. The zero-order valence-electron chi connectivity index (χ0n) is 8.38. The predicted octanol–water partition coefficient (Wildman–Crippen LogP) is 2.50. The molecule has 2 N–H and O–H groups in total. The molecule has 0 bridgehead atoms. The molecule has 92 valence electrons. The molecule has 7 heteroatoms. The average molecular weight is 257 g/mol. The predicted molar refractivity (Wildman–Crippen MR) is 53.3 cm³/mol. The number of alkyl halides is 3. The number of nitrogens with zero attached hydrogens (tertiary/aromatic N) is 1. The molecule has 0 saturated heterocycles. The summed E-state index contributed by atoms with van der Waals surface area (Å²) in [5.74, 6) is -1.04. The third-order valence-corrected chi connectivity index (χ3v) is 3.03. The number of hydrogen-bond donors (Lipinski definition) is 1. The van der Waals surface area contributed by atoms with Crippen molar-refractivity contribution in [2.24, 2.45) is 5.73 Å². The summed E-state index contributed by atoms with van der Waals surface area (Å²) >= 11 is 0. The van der Waals surface area contributed by atoms with Gasteiger partial charge in [0, 0.05) is 18.0 Å². The van der Waals surface area contributed by atoms with Crippen LogP contribution in [0.5, 0.6) is 0 Å². The highest BCUT2D eigenvalue weighted by Gasteiger charge is 2.43. The van der Waals surface area contributed by atoms with Gasteiger partial charge in [-0.3, -0.25) is 0 Å². The van der Waals surface area contributed by atoms with E-state index in [2.05, 4.69) is 9.68 Å².